The van der Waals surface area contributed by atoms with Gasteiger partial charge in [-0.1, -0.05) is 30.3 Å². The summed E-state index contributed by atoms with van der Waals surface area (Å²) in [6.07, 6.45) is 0. The second kappa shape index (κ2) is 7.52. The molecule has 10 nitrogen and oxygen atoms in total. The van der Waals surface area contributed by atoms with Crippen LogP contribution in [0.25, 0.3) is 10.4 Å². The van der Waals surface area contributed by atoms with Gasteiger partial charge >= 0.3 is 10.2 Å². The maximum Gasteiger partial charge on any atom is 0.416 e. The molecule has 0 fully saturated rings. The molecule has 0 atom stereocenters. The number of hydrogen-bond acceptors (Lipinski definition) is 5. The third kappa shape index (κ3) is 6.69. The van der Waals surface area contributed by atoms with Crippen LogP contribution in [0.4, 0.5) is 0 Å². The van der Waals surface area contributed by atoms with E-state index in [0.717, 1.165) is 0 Å². The molecule has 1 aromatic carbocycles. The number of nitrogens with one attached hydrogen (secondary N) is 1. The standard InChI is InChI=1S/C7H6O2.HN6O2S/c8-7(9)6-4-2-1-3-5-6;1-3-5-9(7,8)6-4-2/h1-5H,(H,8,9);1H/q;+1/p-1. The number of carbonyl (C=O) groups excluding carboxylic acids is 1. The molecule has 0 saturated heterocycles. The van der Waals surface area contributed by atoms with Crippen LogP contribution in [-0.4, -0.2) is 14.4 Å². The van der Waals surface area contributed by atoms with Crippen molar-refractivity contribution in [3.05, 3.63) is 46.3 Å². The van der Waals surface area contributed by atoms with Crippen LogP contribution >= 0.6 is 0 Å². The summed E-state index contributed by atoms with van der Waals surface area (Å²) in [6, 6.07) is 8.06. The largest absolute Gasteiger partial charge is 0.545 e. The monoisotopic (exact) mass is 270 g/mol. The Hall–Kier alpha value is -2.74. The van der Waals surface area contributed by atoms with Gasteiger partial charge in [0.2, 0.25) is 4.91 Å². The predicted molar refractivity (Wildman–Crippen MR) is 56.1 cm³/mol. The third-order valence-corrected chi connectivity index (χ3v) is 1.86. The molecule has 1 N–H and O–H groups in total. The number of carbonyl (C=O) groups is 1. The maximum atomic E-state index is 10.1. The van der Waals surface area contributed by atoms with Crippen LogP contribution in [0.1, 0.15) is 10.4 Å². The zero-order valence-electron chi connectivity index (χ0n) is 8.66. The van der Waals surface area contributed by atoms with Crippen LogP contribution in [0.2, 0.25) is 0 Å². The van der Waals surface area contributed by atoms with Crippen LogP contribution in [0, 0.1) is 5.53 Å². The van der Waals surface area contributed by atoms with Crippen LogP contribution in [0.3, 0.4) is 0 Å². The van der Waals surface area contributed by atoms with E-state index < -0.39 is 16.2 Å². The highest BCUT2D eigenvalue weighted by molar-refractivity contribution is 7.88. The summed E-state index contributed by atoms with van der Waals surface area (Å²) >= 11 is 0. The molecule has 94 valence electrons. The van der Waals surface area contributed by atoms with Crippen molar-refractivity contribution in [2.75, 3.05) is 0 Å². The molecular formula is C7H6N6O4S. The van der Waals surface area contributed by atoms with Gasteiger partial charge in [-0.15, -0.1) is 0 Å². The van der Waals surface area contributed by atoms with Gasteiger partial charge in [-0.05, 0) is 11.1 Å². The first-order valence-corrected chi connectivity index (χ1v) is 5.49. The number of benzene rings is 1. The minimum Gasteiger partial charge on any atom is -0.545 e. The third-order valence-electron chi connectivity index (χ3n) is 1.29. The Morgan fingerprint density at radius 3 is 2.17 bits per heavy atom. The molecular weight excluding hydrogens is 264 g/mol. The van der Waals surface area contributed by atoms with Crippen molar-refractivity contribution < 1.29 is 18.3 Å². The summed E-state index contributed by atoms with van der Waals surface area (Å²) in [7, 11) is -4.20. The fourth-order valence-corrected chi connectivity index (χ4v) is 0.916. The van der Waals surface area contributed by atoms with Gasteiger partial charge in [-0.2, -0.15) is 8.42 Å². The Morgan fingerprint density at radius 2 is 1.83 bits per heavy atom. The maximum absolute atomic E-state index is 10.1. The van der Waals surface area contributed by atoms with Gasteiger partial charge in [-0.25, -0.2) is 0 Å². The summed E-state index contributed by atoms with van der Waals surface area (Å²) < 4.78 is 24.6. The summed E-state index contributed by atoms with van der Waals surface area (Å²) in [5.41, 5.74) is 13.7. The molecule has 1 rings (SSSR count). The lowest BCUT2D eigenvalue weighted by atomic mass is 10.2. The van der Waals surface area contributed by atoms with Crippen LogP contribution in [-0.2, 0) is 10.2 Å². The molecule has 11 heteroatoms. The number of nitrogens with zero attached hydrogens (tertiary/aromatic N) is 5. The molecule has 0 bridgehead atoms. The fraction of sp³-hybridized carbons (Fsp3) is 0. The van der Waals surface area contributed by atoms with E-state index in [1.807, 2.05) is 4.91 Å². The summed E-state index contributed by atoms with van der Waals surface area (Å²) in [4.78, 5) is 14.2. The Morgan fingerprint density at radius 1 is 1.28 bits per heavy atom. The summed E-state index contributed by atoms with van der Waals surface area (Å²) in [6.45, 7) is 0. The normalized spacial score (nSPS) is 8.89. The second-order valence-corrected chi connectivity index (χ2v) is 3.68. The summed E-state index contributed by atoms with van der Waals surface area (Å²) in [5.74, 6) is -1.13. The molecule has 0 aromatic heterocycles. The van der Waals surface area contributed by atoms with Crippen molar-refractivity contribution in [1.82, 2.24) is 4.91 Å². The Balaban J connectivity index is 0.000000321. The van der Waals surface area contributed by atoms with Crippen molar-refractivity contribution in [3.63, 3.8) is 0 Å². The zero-order valence-corrected chi connectivity index (χ0v) is 9.48. The molecule has 18 heavy (non-hydrogen) atoms. The van der Waals surface area contributed by atoms with Gasteiger partial charge in [0.1, 0.15) is 5.53 Å². The van der Waals surface area contributed by atoms with Gasteiger partial charge in [0.05, 0.1) is 10.5 Å². The molecule has 0 radical (unpaired) electrons. The highest BCUT2D eigenvalue weighted by Gasteiger charge is 2.09. The second-order valence-electron chi connectivity index (χ2n) is 2.45. The SMILES string of the molecule is O=C([O-])c1ccccc1.[N-]=[N+]=NS(=O)(=O)N=[N+]=N. The minimum atomic E-state index is -4.20. The summed E-state index contributed by atoms with van der Waals surface area (Å²) in [5, 5.41) is 10.1. The molecule has 1 aromatic rings. The molecule has 0 saturated carbocycles. The van der Waals surface area contributed by atoms with Crippen molar-refractivity contribution in [2.24, 2.45) is 9.04 Å². The van der Waals surface area contributed by atoms with E-state index >= 15 is 0 Å². The number of azide groups is 1. The lowest BCUT2D eigenvalue weighted by Crippen LogP contribution is -2.21. The Kier molecular flexibility index (Phi) is 6.38. The molecule has 0 heterocycles. The van der Waals surface area contributed by atoms with Crippen molar-refractivity contribution in [3.8, 4) is 0 Å². The van der Waals surface area contributed by atoms with E-state index in [2.05, 4.69) is 14.0 Å². The lowest BCUT2D eigenvalue weighted by molar-refractivity contribution is -0.255. The first-order chi connectivity index (χ1) is 8.43. The van der Waals surface area contributed by atoms with Gasteiger partial charge < -0.3 is 9.90 Å². The van der Waals surface area contributed by atoms with E-state index in [1.165, 1.54) is 12.1 Å². The van der Waals surface area contributed by atoms with E-state index in [4.69, 9.17) is 11.1 Å². The van der Waals surface area contributed by atoms with Gasteiger partial charge in [0.25, 0.3) is 4.52 Å². The van der Waals surface area contributed by atoms with Crippen molar-refractivity contribution in [2.45, 2.75) is 0 Å². The lowest BCUT2D eigenvalue weighted by Gasteiger charge is -1.97. The van der Waals surface area contributed by atoms with Crippen molar-refractivity contribution >= 4 is 16.2 Å². The quantitative estimate of drug-likeness (QED) is 0.467. The smallest absolute Gasteiger partial charge is 0.416 e. The van der Waals surface area contributed by atoms with Crippen LogP contribution in [0.5, 0.6) is 0 Å². The van der Waals surface area contributed by atoms with Gasteiger partial charge in [0.15, 0.2) is 0 Å². The first-order valence-electron chi connectivity index (χ1n) is 4.09. The van der Waals surface area contributed by atoms with Crippen LogP contribution in [0.15, 0.2) is 39.4 Å². The fourth-order valence-electron chi connectivity index (χ4n) is 0.688. The van der Waals surface area contributed by atoms with E-state index in [-0.39, 0.29) is 5.56 Å². The van der Waals surface area contributed by atoms with Crippen LogP contribution < -0.4 is 10.0 Å². The number of rotatable bonds is 3. The average molecular weight is 270 g/mol. The van der Waals surface area contributed by atoms with E-state index in [9.17, 15) is 18.3 Å². The van der Waals surface area contributed by atoms with Crippen molar-refractivity contribution in [1.29, 1.82) is 5.53 Å². The number of hydrogen-bond donors (Lipinski definition) is 1. The van der Waals surface area contributed by atoms with E-state index in [1.54, 1.807) is 18.2 Å². The Labute approximate surface area is 101 Å². The molecule has 0 aliphatic heterocycles. The van der Waals surface area contributed by atoms with E-state index in [0.29, 0.717) is 0 Å². The van der Waals surface area contributed by atoms with Gasteiger partial charge in [0, 0.05) is 4.91 Å². The number of carboxylic acids is 1. The molecule has 0 amide bonds. The predicted octanol–water partition coefficient (Wildman–Crippen LogP) is 0.142. The molecule has 0 aliphatic carbocycles. The average Bonchev–Trinajstić information content (AvgIpc) is 2.30. The highest BCUT2D eigenvalue weighted by Crippen LogP contribution is 1.94. The number of aromatic carboxylic acids is 1. The topological polar surface area (TPSA) is 173 Å². The minimum absolute atomic E-state index is 0.220. The first kappa shape index (κ1) is 15.3. The zero-order chi connectivity index (χ0) is 14.0. The molecule has 0 aliphatic rings. The van der Waals surface area contributed by atoms with Gasteiger partial charge in [-0.3, -0.25) is 0 Å². The molecule has 0 unspecified atom stereocenters. The molecule has 0 spiro atoms. The number of carboxylic acid groups (broad SMARTS) is 1. The Bertz CT molecular complexity index is 576. The highest BCUT2D eigenvalue weighted by atomic mass is 32.2.